The second-order valence-corrected chi connectivity index (χ2v) is 5.03. The van der Waals surface area contributed by atoms with Crippen molar-refractivity contribution in [2.45, 2.75) is 26.3 Å². The van der Waals surface area contributed by atoms with Crippen LogP contribution in [0.1, 0.15) is 28.7 Å². The van der Waals surface area contributed by atoms with Crippen LogP contribution in [0, 0.1) is 0 Å². The summed E-state index contributed by atoms with van der Waals surface area (Å²) >= 11 is 0. The molecule has 0 atom stereocenters. The first-order valence-corrected chi connectivity index (χ1v) is 7.17. The van der Waals surface area contributed by atoms with Crippen molar-refractivity contribution in [1.82, 2.24) is 19.7 Å². The SMILES string of the molecule is CCn1ncc2cnc(CCc3ccc(C(=O)O)cc3)nc21. The summed E-state index contributed by atoms with van der Waals surface area (Å²) in [6, 6.07) is 6.90. The molecule has 2 aromatic heterocycles. The number of fused-ring (bicyclic) bond motifs is 1. The van der Waals surface area contributed by atoms with E-state index in [0.717, 1.165) is 35.4 Å². The Balaban J connectivity index is 1.74. The molecule has 1 aromatic carbocycles. The highest BCUT2D eigenvalue weighted by atomic mass is 16.4. The number of benzene rings is 1. The van der Waals surface area contributed by atoms with E-state index in [9.17, 15) is 4.79 Å². The minimum absolute atomic E-state index is 0.299. The number of hydrogen-bond donors (Lipinski definition) is 1. The lowest BCUT2D eigenvalue weighted by Crippen LogP contribution is -2.02. The lowest BCUT2D eigenvalue weighted by Gasteiger charge is -2.03. The Bertz CT molecular complexity index is 809. The van der Waals surface area contributed by atoms with Gasteiger partial charge in [0.25, 0.3) is 0 Å². The number of hydrogen-bond acceptors (Lipinski definition) is 4. The van der Waals surface area contributed by atoms with Gasteiger partial charge in [-0.3, -0.25) is 0 Å². The highest BCUT2D eigenvalue weighted by Crippen LogP contribution is 2.12. The van der Waals surface area contributed by atoms with E-state index < -0.39 is 5.97 Å². The molecule has 0 unspecified atom stereocenters. The van der Waals surface area contributed by atoms with Gasteiger partial charge >= 0.3 is 5.97 Å². The molecular weight excluding hydrogens is 280 g/mol. The lowest BCUT2D eigenvalue weighted by atomic mass is 10.1. The van der Waals surface area contributed by atoms with Crippen LogP contribution in [0.3, 0.4) is 0 Å². The molecule has 0 aliphatic rings. The van der Waals surface area contributed by atoms with Crippen molar-refractivity contribution in [3.05, 3.63) is 53.6 Å². The summed E-state index contributed by atoms with van der Waals surface area (Å²) < 4.78 is 1.85. The predicted molar refractivity (Wildman–Crippen MR) is 81.8 cm³/mol. The Morgan fingerprint density at radius 3 is 2.64 bits per heavy atom. The van der Waals surface area contributed by atoms with Gasteiger partial charge in [0.2, 0.25) is 0 Å². The van der Waals surface area contributed by atoms with Gasteiger partial charge in [0.1, 0.15) is 5.82 Å². The van der Waals surface area contributed by atoms with Crippen molar-refractivity contribution in [2.24, 2.45) is 0 Å². The Labute approximate surface area is 127 Å². The first kappa shape index (κ1) is 14.2. The summed E-state index contributed by atoms with van der Waals surface area (Å²) in [5.74, 6) is -0.141. The van der Waals surface area contributed by atoms with Crippen LogP contribution in [0.4, 0.5) is 0 Å². The molecule has 0 fully saturated rings. The molecule has 3 aromatic rings. The van der Waals surface area contributed by atoms with E-state index in [1.54, 1.807) is 24.5 Å². The summed E-state index contributed by atoms with van der Waals surface area (Å²) in [5, 5.41) is 14.1. The second-order valence-electron chi connectivity index (χ2n) is 5.03. The van der Waals surface area contributed by atoms with E-state index in [2.05, 4.69) is 15.1 Å². The minimum atomic E-state index is -0.909. The van der Waals surface area contributed by atoms with Gasteiger partial charge < -0.3 is 5.11 Å². The molecule has 0 radical (unpaired) electrons. The largest absolute Gasteiger partial charge is 0.478 e. The summed E-state index contributed by atoms with van der Waals surface area (Å²) in [6.45, 7) is 2.80. The molecule has 0 saturated heterocycles. The third-order valence-electron chi connectivity index (χ3n) is 3.56. The van der Waals surface area contributed by atoms with Crippen molar-refractivity contribution in [3.63, 3.8) is 0 Å². The molecule has 6 nitrogen and oxygen atoms in total. The monoisotopic (exact) mass is 296 g/mol. The molecular formula is C16H16N4O2. The van der Waals surface area contributed by atoms with Crippen molar-refractivity contribution >= 4 is 17.0 Å². The molecule has 3 rings (SSSR count). The normalized spacial score (nSPS) is 11.0. The van der Waals surface area contributed by atoms with Crippen LogP contribution in [-0.4, -0.2) is 30.8 Å². The average molecular weight is 296 g/mol. The third kappa shape index (κ3) is 2.81. The fourth-order valence-corrected chi connectivity index (χ4v) is 2.32. The molecule has 2 heterocycles. The maximum absolute atomic E-state index is 10.8. The standard InChI is InChI=1S/C16H16N4O2/c1-2-20-15-13(10-18-20)9-17-14(19-15)8-5-11-3-6-12(7-4-11)16(21)22/h3-4,6-7,9-10H,2,5,8H2,1H3,(H,21,22). The van der Waals surface area contributed by atoms with Crippen molar-refractivity contribution in [3.8, 4) is 0 Å². The summed E-state index contributed by atoms with van der Waals surface area (Å²) in [7, 11) is 0. The van der Waals surface area contributed by atoms with Gasteiger partial charge in [-0.2, -0.15) is 5.10 Å². The van der Waals surface area contributed by atoms with Crippen LogP contribution in [0.5, 0.6) is 0 Å². The Morgan fingerprint density at radius 2 is 1.95 bits per heavy atom. The molecule has 0 saturated carbocycles. The van der Waals surface area contributed by atoms with Crippen molar-refractivity contribution in [2.75, 3.05) is 0 Å². The lowest BCUT2D eigenvalue weighted by molar-refractivity contribution is 0.0697. The molecule has 0 amide bonds. The highest BCUT2D eigenvalue weighted by molar-refractivity contribution is 5.87. The zero-order chi connectivity index (χ0) is 15.5. The third-order valence-corrected chi connectivity index (χ3v) is 3.56. The Morgan fingerprint density at radius 1 is 1.18 bits per heavy atom. The highest BCUT2D eigenvalue weighted by Gasteiger charge is 2.06. The van der Waals surface area contributed by atoms with Crippen LogP contribution in [0.25, 0.3) is 11.0 Å². The van der Waals surface area contributed by atoms with E-state index in [-0.39, 0.29) is 0 Å². The molecule has 0 aliphatic heterocycles. The first-order chi connectivity index (χ1) is 10.7. The number of carbonyl (C=O) groups is 1. The van der Waals surface area contributed by atoms with Gasteiger partial charge in [0.05, 0.1) is 17.1 Å². The molecule has 6 heteroatoms. The fourth-order valence-electron chi connectivity index (χ4n) is 2.32. The van der Waals surface area contributed by atoms with E-state index in [4.69, 9.17) is 5.11 Å². The number of aryl methyl sites for hydroxylation is 3. The number of rotatable bonds is 5. The van der Waals surface area contributed by atoms with Gasteiger partial charge in [-0.25, -0.2) is 19.4 Å². The zero-order valence-electron chi connectivity index (χ0n) is 12.2. The number of nitrogens with zero attached hydrogens (tertiary/aromatic N) is 4. The quantitative estimate of drug-likeness (QED) is 0.781. The second kappa shape index (κ2) is 5.93. The number of carboxylic acids is 1. The maximum Gasteiger partial charge on any atom is 0.335 e. The van der Waals surface area contributed by atoms with Crippen LogP contribution in [0.15, 0.2) is 36.7 Å². The predicted octanol–water partition coefficient (Wildman–Crippen LogP) is 2.33. The first-order valence-electron chi connectivity index (χ1n) is 7.17. The summed E-state index contributed by atoms with van der Waals surface area (Å²) in [5.41, 5.74) is 2.22. The smallest absolute Gasteiger partial charge is 0.335 e. The average Bonchev–Trinajstić information content (AvgIpc) is 2.95. The van der Waals surface area contributed by atoms with Crippen LogP contribution < -0.4 is 0 Å². The Hall–Kier alpha value is -2.76. The molecule has 0 bridgehead atoms. The maximum atomic E-state index is 10.8. The van der Waals surface area contributed by atoms with Crippen LogP contribution in [-0.2, 0) is 19.4 Å². The number of aromatic nitrogens is 4. The molecule has 1 N–H and O–H groups in total. The Kier molecular flexibility index (Phi) is 3.82. The molecule has 22 heavy (non-hydrogen) atoms. The van der Waals surface area contributed by atoms with Crippen LogP contribution in [0.2, 0.25) is 0 Å². The summed E-state index contributed by atoms with van der Waals surface area (Å²) in [4.78, 5) is 19.7. The topological polar surface area (TPSA) is 80.9 Å². The van der Waals surface area contributed by atoms with Crippen molar-refractivity contribution < 1.29 is 9.90 Å². The minimum Gasteiger partial charge on any atom is -0.478 e. The fraction of sp³-hybridized carbons (Fsp3) is 0.250. The van der Waals surface area contributed by atoms with Gasteiger partial charge in [0.15, 0.2) is 5.65 Å². The zero-order valence-corrected chi connectivity index (χ0v) is 12.2. The van der Waals surface area contributed by atoms with E-state index in [1.807, 2.05) is 23.7 Å². The van der Waals surface area contributed by atoms with E-state index >= 15 is 0 Å². The number of carboxylic acid groups (broad SMARTS) is 1. The number of aromatic carboxylic acids is 1. The molecule has 112 valence electrons. The van der Waals surface area contributed by atoms with Gasteiger partial charge in [0, 0.05) is 19.2 Å². The molecule has 0 aliphatic carbocycles. The van der Waals surface area contributed by atoms with Gasteiger partial charge in [-0.15, -0.1) is 0 Å². The van der Waals surface area contributed by atoms with E-state index in [0.29, 0.717) is 12.0 Å². The summed E-state index contributed by atoms with van der Waals surface area (Å²) in [6.07, 6.45) is 5.04. The molecule has 0 spiro atoms. The van der Waals surface area contributed by atoms with Crippen LogP contribution >= 0.6 is 0 Å². The van der Waals surface area contributed by atoms with Gasteiger partial charge in [-0.05, 0) is 31.0 Å². The van der Waals surface area contributed by atoms with E-state index in [1.165, 1.54) is 0 Å². The van der Waals surface area contributed by atoms with Crippen molar-refractivity contribution in [1.29, 1.82) is 0 Å². The van der Waals surface area contributed by atoms with Gasteiger partial charge in [-0.1, -0.05) is 12.1 Å².